The van der Waals surface area contributed by atoms with Crippen molar-refractivity contribution in [2.24, 2.45) is 0 Å². The lowest BCUT2D eigenvalue weighted by Crippen LogP contribution is -2.46. The Kier molecular flexibility index (Phi) is 8.85. The highest BCUT2D eigenvalue weighted by atomic mass is 32.2. The molecule has 0 aliphatic carbocycles. The summed E-state index contributed by atoms with van der Waals surface area (Å²) in [7, 11) is -4.42. The predicted molar refractivity (Wildman–Crippen MR) is 113 cm³/mol. The third-order valence-electron chi connectivity index (χ3n) is 4.01. The normalized spacial score (nSPS) is 12.1. The number of carbonyl (C=O) groups excluding carboxylic acids is 3. The van der Waals surface area contributed by atoms with Gasteiger partial charge in [0.15, 0.2) is 6.61 Å². The van der Waals surface area contributed by atoms with Crippen molar-refractivity contribution < 1.29 is 31.9 Å². The molecule has 32 heavy (non-hydrogen) atoms. The summed E-state index contributed by atoms with van der Waals surface area (Å²) >= 11 is 0. The number of rotatable bonds is 9. The molecule has 11 heteroatoms. The van der Waals surface area contributed by atoms with Crippen molar-refractivity contribution in [3.63, 3.8) is 0 Å². The van der Waals surface area contributed by atoms with Crippen LogP contribution >= 0.6 is 0 Å². The zero-order chi connectivity index (χ0) is 23.7. The Hall–Kier alpha value is -3.31. The van der Waals surface area contributed by atoms with Crippen molar-refractivity contribution in [3.05, 3.63) is 66.0 Å². The lowest BCUT2D eigenvalue weighted by molar-refractivity contribution is -0.149. The summed E-state index contributed by atoms with van der Waals surface area (Å²) in [4.78, 5) is 35.3. The molecule has 172 valence electrons. The summed E-state index contributed by atoms with van der Waals surface area (Å²) < 4.78 is 46.4. The number of amides is 3. The van der Waals surface area contributed by atoms with Crippen LogP contribution in [0.3, 0.4) is 0 Å². The van der Waals surface area contributed by atoms with Crippen LogP contribution in [0.15, 0.2) is 59.5 Å². The van der Waals surface area contributed by atoms with E-state index in [4.69, 9.17) is 4.74 Å². The Labute approximate surface area is 185 Å². The van der Waals surface area contributed by atoms with Crippen molar-refractivity contribution in [3.8, 4) is 0 Å². The maximum atomic E-state index is 14.0. The number of hydrogen-bond donors (Lipinski definition) is 3. The minimum atomic E-state index is -4.42. The summed E-state index contributed by atoms with van der Waals surface area (Å²) in [6, 6.07) is 10.8. The van der Waals surface area contributed by atoms with Gasteiger partial charge in [0.05, 0.1) is 0 Å². The monoisotopic (exact) mass is 465 g/mol. The van der Waals surface area contributed by atoms with Crippen LogP contribution < -0.4 is 15.4 Å². The highest BCUT2D eigenvalue weighted by molar-refractivity contribution is 7.89. The minimum absolute atomic E-state index is 0.108. The third-order valence-corrected chi connectivity index (χ3v) is 5.51. The fraction of sp³-hybridized carbons (Fsp3) is 0.286. The molecule has 0 bridgehead atoms. The van der Waals surface area contributed by atoms with Crippen LogP contribution in [0, 0.1) is 5.82 Å². The van der Waals surface area contributed by atoms with Gasteiger partial charge in [-0.05, 0) is 38.0 Å². The Morgan fingerprint density at radius 1 is 1.00 bits per heavy atom. The van der Waals surface area contributed by atoms with Crippen LogP contribution in [0.5, 0.6) is 0 Å². The van der Waals surface area contributed by atoms with E-state index in [1.54, 1.807) is 44.2 Å². The molecule has 9 nitrogen and oxygen atoms in total. The van der Waals surface area contributed by atoms with Gasteiger partial charge in [-0.3, -0.25) is 14.9 Å². The van der Waals surface area contributed by atoms with Gasteiger partial charge in [0.1, 0.15) is 16.8 Å². The van der Waals surface area contributed by atoms with Gasteiger partial charge < -0.3 is 10.1 Å². The van der Waals surface area contributed by atoms with Crippen LogP contribution in [0.1, 0.15) is 19.4 Å². The topological polar surface area (TPSA) is 131 Å². The smallest absolute Gasteiger partial charge is 0.325 e. The quantitative estimate of drug-likeness (QED) is 0.481. The van der Waals surface area contributed by atoms with E-state index in [0.717, 1.165) is 12.1 Å². The van der Waals surface area contributed by atoms with Crippen LogP contribution in [0.25, 0.3) is 0 Å². The number of urea groups is 1. The van der Waals surface area contributed by atoms with E-state index in [0.29, 0.717) is 5.56 Å². The number of ether oxygens (including phenoxy) is 1. The standard InChI is InChI=1S/C21H24FN3O6S/c1-14(2)23-21(28)24-19(26)13-31-20(27)17(12-15-8-4-3-5-9-15)25-32(29,30)18-11-7-6-10-16(18)22/h3-11,14,17,25H,12-13H2,1-2H3,(H2,23,24,26,28)/t17-/m0/s1. The van der Waals surface area contributed by atoms with Gasteiger partial charge in [-0.25, -0.2) is 17.6 Å². The molecule has 0 saturated heterocycles. The lowest BCUT2D eigenvalue weighted by atomic mass is 10.1. The molecule has 3 N–H and O–H groups in total. The fourth-order valence-corrected chi connectivity index (χ4v) is 3.90. The molecule has 0 unspecified atom stereocenters. The average Bonchev–Trinajstić information content (AvgIpc) is 2.71. The first-order valence-corrected chi connectivity index (χ1v) is 11.1. The summed E-state index contributed by atoms with van der Waals surface area (Å²) in [5.41, 5.74) is 0.603. The number of benzene rings is 2. The second-order valence-corrected chi connectivity index (χ2v) is 8.76. The van der Waals surface area contributed by atoms with Gasteiger partial charge in [0.2, 0.25) is 10.0 Å². The Morgan fingerprint density at radius 3 is 2.25 bits per heavy atom. The molecule has 0 heterocycles. The highest BCUT2D eigenvalue weighted by Crippen LogP contribution is 2.15. The molecular weight excluding hydrogens is 441 g/mol. The zero-order valence-corrected chi connectivity index (χ0v) is 18.3. The molecule has 0 aromatic heterocycles. The van der Waals surface area contributed by atoms with Crippen molar-refractivity contribution in [2.45, 2.75) is 37.2 Å². The van der Waals surface area contributed by atoms with Gasteiger partial charge in [0.25, 0.3) is 5.91 Å². The summed E-state index contributed by atoms with van der Waals surface area (Å²) in [6.07, 6.45) is -0.108. The molecular formula is C21H24FN3O6S. The van der Waals surface area contributed by atoms with Crippen molar-refractivity contribution in [1.82, 2.24) is 15.4 Å². The number of esters is 1. The van der Waals surface area contributed by atoms with Gasteiger partial charge >= 0.3 is 12.0 Å². The molecule has 0 radical (unpaired) electrons. The van der Waals surface area contributed by atoms with E-state index in [9.17, 15) is 27.2 Å². The average molecular weight is 466 g/mol. The first-order valence-electron chi connectivity index (χ1n) is 9.66. The maximum Gasteiger partial charge on any atom is 0.325 e. The third kappa shape index (κ3) is 7.75. The molecule has 2 aromatic rings. The summed E-state index contributed by atoms with van der Waals surface area (Å²) in [5, 5.41) is 4.42. The summed E-state index contributed by atoms with van der Waals surface area (Å²) in [5.74, 6) is -2.94. The minimum Gasteiger partial charge on any atom is -0.454 e. The SMILES string of the molecule is CC(C)NC(=O)NC(=O)COC(=O)[C@H](Cc1ccccc1)NS(=O)(=O)c1ccccc1F. The fourth-order valence-electron chi connectivity index (χ4n) is 2.63. The van der Waals surface area contributed by atoms with E-state index in [-0.39, 0.29) is 12.5 Å². The van der Waals surface area contributed by atoms with Gasteiger partial charge in [-0.1, -0.05) is 42.5 Å². The Morgan fingerprint density at radius 2 is 1.62 bits per heavy atom. The molecule has 0 saturated carbocycles. The number of sulfonamides is 1. The second-order valence-electron chi connectivity index (χ2n) is 7.08. The molecule has 0 aliphatic rings. The summed E-state index contributed by atoms with van der Waals surface area (Å²) in [6.45, 7) is 2.58. The number of nitrogens with one attached hydrogen (secondary N) is 3. The van der Waals surface area contributed by atoms with Gasteiger partial charge in [-0.2, -0.15) is 4.72 Å². The van der Waals surface area contributed by atoms with E-state index in [1.165, 1.54) is 12.1 Å². The van der Waals surface area contributed by atoms with Crippen LogP contribution in [0.4, 0.5) is 9.18 Å². The van der Waals surface area contributed by atoms with Gasteiger partial charge in [-0.15, -0.1) is 0 Å². The van der Waals surface area contributed by atoms with Crippen molar-refractivity contribution in [1.29, 1.82) is 0 Å². The largest absolute Gasteiger partial charge is 0.454 e. The zero-order valence-electron chi connectivity index (χ0n) is 17.5. The number of hydrogen-bond acceptors (Lipinski definition) is 6. The van der Waals surface area contributed by atoms with Crippen molar-refractivity contribution in [2.75, 3.05) is 6.61 Å². The van der Waals surface area contributed by atoms with E-state index in [1.807, 2.05) is 5.32 Å². The molecule has 2 rings (SSSR count). The van der Waals surface area contributed by atoms with E-state index < -0.39 is 51.3 Å². The molecule has 0 spiro atoms. The predicted octanol–water partition coefficient (Wildman–Crippen LogP) is 1.49. The molecule has 3 amide bonds. The Bertz CT molecular complexity index is 1060. The molecule has 1 atom stereocenters. The van der Waals surface area contributed by atoms with E-state index in [2.05, 4.69) is 10.0 Å². The van der Waals surface area contributed by atoms with Crippen molar-refractivity contribution >= 4 is 27.9 Å². The van der Waals surface area contributed by atoms with Crippen LogP contribution in [-0.4, -0.2) is 45.0 Å². The van der Waals surface area contributed by atoms with Crippen LogP contribution in [-0.2, 0) is 30.8 Å². The number of imide groups is 1. The molecule has 0 fully saturated rings. The molecule has 0 aliphatic heterocycles. The number of halogens is 1. The number of carbonyl (C=O) groups is 3. The lowest BCUT2D eigenvalue weighted by Gasteiger charge is -2.18. The first kappa shape index (κ1) is 25.0. The molecule has 2 aromatic carbocycles. The second kappa shape index (κ2) is 11.3. The van der Waals surface area contributed by atoms with Gasteiger partial charge in [0, 0.05) is 6.04 Å². The Balaban J connectivity index is 2.13. The first-order chi connectivity index (χ1) is 15.1. The van der Waals surface area contributed by atoms with E-state index >= 15 is 0 Å². The van der Waals surface area contributed by atoms with Crippen LogP contribution in [0.2, 0.25) is 0 Å². The maximum absolute atomic E-state index is 14.0. The highest BCUT2D eigenvalue weighted by Gasteiger charge is 2.29.